The lowest BCUT2D eigenvalue weighted by Crippen LogP contribution is -2.42. The number of rotatable bonds is 5. The highest BCUT2D eigenvalue weighted by Gasteiger charge is 2.23. The zero-order valence-corrected chi connectivity index (χ0v) is 12.7. The Morgan fingerprint density at radius 3 is 2.45 bits per heavy atom. The number of likely N-dealkylation sites (tertiary alicyclic amines) is 1. The van der Waals surface area contributed by atoms with Crippen molar-refractivity contribution in [2.75, 3.05) is 18.4 Å². The Hall–Kier alpha value is -1.69. The predicted octanol–water partition coefficient (Wildman–Crippen LogP) is 3.49. The van der Waals surface area contributed by atoms with Crippen LogP contribution in [0, 0.1) is 0 Å². The molecule has 122 valence electrons. The molecule has 4 nitrogen and oxygen atoms in total. The molecule has 1 aromatic rings. The van der Waals surface area contributed by atoms with Crippen molar-refractivity contribution in [1.29, 1.82) is 0 Å². The van der Waals surface area contributed by atoms with Gasteiger partial charge in [-0.25, -0.2) is 0 Å². The van der Waals surface area contributed by atoms with Gasteiger partial charge in [0.2, 0.25) is 5.91 Å². The average Bonchev–Trinajstić information content (AvgIpc) is 2.77. The van der Waals surface area contributed by atoms with Crippen molar-refractivity contribution in [2.24, 2.45) is 0 Å². The van der Waals surface area contributed by atoms with E-state index in [0.717, 1.165) is 25.9 Å². The maximum absolute atomic E-state index is 12.4. The molecule has 1 amide bonds. The monoisotopic (exact) mass is 312 g/mol. The van der Waals surface area contributed by atoms with E-state index in [2.05, 4.69) is 15.0 Å². The van der Waals surface area contributed by atoms with Crippen LogP contribution in [0.1, 0.15) is 32.6 Å². The number of carbonyl (C=O) groups is 1. The summed E-state index contributed by atoms with van der Waals surface area (Å²) in [4.78, 5) is 14.5. The number of amides is 1. The number of halogens is 2. The van der Waals surface area contributed by atoms with Gasteiger partial charge in [0.1, 0.15) is 5.75 Å². The van der Waals surface area contributed by atoms with E-state index in [1.54, 1.807) is 18.2 Å². The Bertz CT molecular complexity index is 489. The molecule has 1 aliphatic rings. The van der Waals surface area contributed by atoms with Crippen molar-refractivity contribution in [3.8, 4) is 5.75 Å². The van der Waals surface area contributed by atoms with Crippen LogP contribution in [0.5, 0.6) is 5.75 Å². The van der Waals surface area contributed by atoms with Gasteiger partial charge in [0.25, 0.3) is 0 Å². The number of carbonyl (C=O) groups excluding carboxylic acids is 1. The molecule has 1 aliphatic heterocycles. The number of para-hydroxylation sites is 2. The minimum atomic E-state index is -2.92. The summed E-state index contributed by atoms with van der Waals surface area (Å²) in [5.41, 5.74) is 0.273. The van der Waals surface area contributed by atoms with Crippen molar-refractivity contribution < 1.29 is 18.3 Å². The number of hydrogen-bond acceptors (Lipinski definition) is 3. The van der Waals surface area contributed by atoms with Crippen molar-refractivity contribution >= 4 is 11.6 Å². The van der Waals surface area contributed by atoms with Gasteiger partial charge in [0.15, 0.2) is 0 Å². The summed E-state index contributed by atoms with van der Waals surface area (Å²) in [7, 11) is 0. The summed E-state index contributed by atoms with van der Waals surface area (Å²) in [5.74, 6) is -0.221. The van der Waals surface area contributed by atoms with Crippen molar-refractivity contribution in [3.63, 3.8) is 0 Å². The van der Waals surface area contributed by atoms with Crippen LogP contribution in [0.15, 0.2) is 24.3 Å². The summed E-state index contributed by atoms with van der Waals surface area (Å²) >= 11 is 0. The van der Waals surface area contributed by atoms with Gasteiger partial charge in [0, 0.05) is 0 Å². The minimum Gasteiger partial charge on any atom is -0.433 e. The summed E-state index contributed by atoms with van der Waals surface area (Å²) in [5, 5.41) is 2.69. The average molecular weight is 312 g/mol. The molecule has 1 N–H and O–H groups in total. The van der Waals surface area contributed by atoms with E-state index < -0.39 is 6.61 Å². The predicted molar refractivity (Wildman–Crippen MR) is 81.2 cm³/mol. The summed E-state index contributed by atoms with van der Waals surface area (Å²) in [6.45, 7) is 0.714. The van der Waals surface area contributed by atoms with Gasteiger partial charge in [-0.2, -0.15) is 8.78 Å². The zero-order chi connectivity index (χ0) is 15.9. The van der Waals surface area contributed by atoms with E-state index in [1.807, 2.05) is 6.92 Å². The van der Waals surface area contributed by atoms with Crippen LogP contribution in [0.2, 0.25) is 0 Å². The van der Waals surface area contributed by atoms with Crippen molar-refractivity contribution in [2.45, 2.75) is 45.3 Å². The molecule has 1 heterocycles. The molecule has 2 rings (SSSR count). The fraction of sp³-hybridized carbons (Fsp3) is 0.562. The van der Waals surface area contributed by atoms with Crippen molar-refractivity contribution in [3.05, 3.63) is 24.3 Å². The third kappa shape index (κ3) is 4.66. The van der Waals surface area contributed by atoms with E-state index in [-0.39, 0.29) is 23.4 Å². The molecule has 6 heteroatoms. The zero-order valence-electron chi connectivity index (χ0n) is 12.7. The van der Waals surface area contributed by atoms with Crippen LogP contribution < -0.4 is 10.1 Å². The van der Waals surface area contributed by atoms with Gasteiger partial charge in [-0.05, 0) is 45.0 Å². The Labute approximate surface area is 129 Å². The quantitative estimate of drug-likeness (QED) is 0.905. The Kier molecular flexibility index (Phi) is 6.12. The molecule has 0 bridgehead atoms. The van der Waals surface area contributed by atoms with Gasteiger partial charge in [-0.1, -0.05) is 25.0 Å². The van der Waals surface area contributed by atoms with Crippen LogP contribution in [0.25, 0.3) is 0 Å². The molecule has 0 aliphatic carbocycles. The molecule has 0 spiro atoms. The molecule has 0 saturated carbocycles. The maximum atomic E-state index is 12.4. The first-order valence-corrected chi connectivity index (χ1v) is 7.66. The fourth-order valence-corrected chi connectivity index (χ4v) is 2.65. The van der Waals surface area contributed by atoms with Crippen LogP contribution in [0.4, 0.5) is 14.5 Å². The molecule has 1 saturated heterocycles. The van der Waals surface area contributed by atoms with Crippen LogP contribution in [0.3, 0.4) is 0 Å². The SMILES string of the molecule is C[C@@H](C(=O)Nc1ccccc1OC(F)F)N1CCCCCC1. The lowest BCUT2D eigenvalue weighted by Gasteiger charge is -2.26. The highest BCUT2D eigenvalue weighted by atomic mass is 19.3. The number of benzene rings is 1. The number of nitrogens with one attached hydrogen (secondary N) is 1. The molecular formula is C16H22F2N2O2. The summed E-state index contributed by atoms with van der Waals surface area (Å²) in [6, 6.07) is 5.94. The molecule has 0 radical (unpaired) electrons. The molecule has 0 unspecified atom stereocenters. The highest BCUT2D eigenvalue weighted by molar-refractivity contribution is 5.95. The standard InChI is InChI=1S/C16H22F2N2O2/c1-12(20-10-6-2-3-7-11-20)15(21)19-13-8-4-5-9-14(13)22-16(17)18/h4-5,8-9,12,16H,2-3,6-7,10-11H2,1H3,(H,19,21)/t12-/m0/s1. The van der Waals surface area contributed by atoms with E-state index in [4.69, 9.17) is 0 Å². The fourth-order valence-electron chi connectivity index (χ4n) is 2.65. The Balaban J connectivity index is 2.01. The van der Waals surface area contributed by atoms with E-state index >= 15 is 0 Å². The maximum Gasteiger partial charge on any atom is 0.387 e. The second-order valence-corrected chi connectivity index (χ2v) is 5.49. The smallest absolute Gasteiger partial charge is 0.387 e. The van der Waals surface area contributed by atoms with Crippen LogP contribution >= 0.6 is 0 Å². The molecule has 22 heavy (non-hydrogen) atoms. The van der Waals surface area contributed by atoms with Gasteiger partial charge in [-0.15, -0.1) is 0 Å². The Morgan fingerprint density at radius 1 is 1.18 bits per heavy atom. The molecule has 1 fully saturated rings. The minimum absolute atomic E-state index is 0.0195. The number of anilines is 1. The number of alkyl halides is 2. The molecule has 1 aromatic carbocycles. The normalized spacial score (nSPS) is 17.8. The third-order valence-corrected chi connectivity index (χ3v) is 3.93. The van der Waals surface area contributed by atoms with Crippen LogP contribution in [-0.2, 0) is 4.79 Å². The van der Waals surface area contributed by atoms with E-state index in [1.165, 1.54) is 18.9 Å². The van der Waals surface area contributed by atoms with Crippen LogP contribution in [-0.4, -0.2) is 36.5 Å². The largest absolute Gasteiger partial charge is 0.433 e. The second-order valence-electron chi connectivity index (χ2n) is 5.49. The molecule has 0 aromatic heterocycles. The molecule has 1 atom stereocenters. The van der Waals surface area contributed by atoms with E-state index in [0.29, 0.717) is 0 Å². The first-order valence-electron chi connectivity index (χ1n) is 7.66. The van der Waals surface area contributed by atoms with Gasteiger partial charge in [-0.3, -0.25) is 9.69 Å². The second kappa shape index (κ2) is 8.08. The summed E-state index contributed by atoms with van der Waals surface area (Å²) < 4.78 is 29.2. The lowest BCUT2D eigenvalue weighted by atomic mass is 10.2. The first kappa shape index (κ1) is 16.7. The number of hydrogen-bond donors (Lipinski definition) is 1. The summed E-state index contributed by atoms with van der Waals surface area (Å²) in [6.07, 6.45) is 4.55. The highest BCUT2D eigenvalue weighted by Crippen LogP contribution is 2.26. The number of ether oxygens (including phenoxy) is 1. The topological polar surface area (TPSA) is 41.6 Å². The lowest BCUT2D eigenvalue weighted by molar-refractivity contribution is -0.120. The third-order valence-electron chi connectivity index (χ3n) is 3.93. The number of nitrogens with zero attached hydrogens (tertiary/aromatic N) is 1. The van der Waals surface area contributed by atoms with Gasteiger partial charge >= 0.3 is 6.61 Å². The van der Waals surface area contributed by atoms with Gasteiger partial charge < -0.3 is 10.1 Å². The van der Waals surface area contributed by atoms with Crippen molar-refractivity contribution in [1.82, 2.24) is 4.90 Å². The first-order chi connectivity index (χ1) is 10.6. The van der Waals surface area contributed by atoms with E-state index in [9.17, 15) is 13.6 Å². The molecular weight excluding hydrogens is 290 g/mol. The van der Waals surface area contributed by atoms with Gasteiger partial charge in [0.05, 0.1) is 11.7 Å². The Morgan fingerprint density at radius 2 is 1.82 bits per heavy atom.